The van der Waals surface area contributed by atoms with E-state index in [2.05, 4.69) is 23.5 Å². The molecule has 3 heteroatoms. The van der Waals surface area contributed by atoms with Crippen molar-refractivity contribution in [3.8, 4) is 12.3 Å². The van der Waals surface area contributed by atoms with Gasteiger partial charge in [0, 0.05) is 6.42 Å². The average Bonchev–Trinajstić information content (AvgIpc) is 2.35. The zero-order valence-corrected chi connectivity index (χ0v) is 9.15. The zero-order valence-electron chi connectivity index (χ0n) is 9.15. The summed E-state index contributed by atoms with van der Waals surface area (Å²) < 4.78 is 5.77. The maximum Gasteiger partial charge on any atom is 0.100 e. The summed E-state index contributed by atoms with van der Waals surface area (Å²) in [6.45, 7) is 0.727. The van der Waals surface area contributed by atoms with Crippen LogP contribution in [0.4, 0.5) is 0 Å². The highest BCUT2D eigenvalue weighted by Gasteiger charge is 2.27. The first-order valence-corrected chi connectivity index (χ1v) is 5.46. The molecule has 0 bridgehead atoms. The molecular formula is C13H16N2O. The van der Waals surface area contributed by atoms with Crippen LogP contribution in [-0.2, 0) is 11.2 Å². The normalized spacial score (nSPS) is 20.9. The van der Waals surface area contributed by atoms with Crippen LogP contribution in [0, 0.1) is 12.3 Å². The number of hydrogen-bond donors (Lipinski definition) is 2. The summed E-state index contributed by atoms with van der Waals surface area (Å²) >= 11 is 0. The number of hydrogen-bond acceptors (Lipinski definition) is 3. The van der Waals surface area contributed by atoms with E-state index in [4.69, 9.17) is 17.0 Å². The van der Waals surface area contributed by atoms with Crippen LogP contribution in [-0.4, -0.2) is 12.6 Å². The predicted molar refractivity (Wildman–Crippen MR) is 63.4 cm³/mol. The molecule has 0 aromatic heterocycles. The number of hydrazine groups is 1. The fourth-order valence-corrected chi connectivity index (χ4v) is 2.14. The van der Waals surface area contributed by atoms with E-state index in [1.807, 2.05) is 12.1 Å². The molecule has 2 unspecified atom stereocenters. The van der Waals surface area contributed by atoms with E-state index >= 15 is 0 Å². The first-order valence-electron chi connectivity index (χ1n) is 5.46. The molecule has 3 N–H and O–H groups in total. The number of rotatable bonds is 3. The van der Waals surface area contributed by atoms with Crippen molar-refractivity contribution in [1.82, 2.24) is 5.43 Å². The van der Waals surface area contributed by atoms with Crippen LogP contribution < -0.4 is 11.3 Å². The standard InChI is InChI=1S/C13H16N2O/c1-2-5-12(15-14)13-11-7-4-3-6-10(11)8-9-16-13/h1,3-4,6-7,12-13,15H,5,8-9,14H2. The Labute approximate surface area is 96.0 Å². The van der Waals surface area contributed by atoms with Crippen molar-refractivity contribution in [2.75, 3.05) is 6.61 Å². The molecule has 1 aromatic carbocycles. The fraction of sp³-hybridized carbons (Fsp3) is 0.385. The van der Waals surface area contributed by atoms with Gasteiger partial charge in [-0.05, 0) is 17.5 Å². The van der Waals surface area contributed by atoms with Gasteiger partial charge in [0.25, 0.3) is 0 Å². The summed E-state index contributed by atoms with van der Waals surface area (Å²) in [6, 6.07) is 8.26. The lowest BCUT2D eigenvalue weighted by atomic mass is 9.92. The molecule has 0 saturated heterocycles. The van der Waals surface area contributed by atoms with Crippen molar-refractivity contribution in [3.63, 3.8) is 0 Å². The van der Waals surface area contributed by atoms with Crippen LogP contribution in [0.5, 0.6) is 0 Å². The molecule has 2 rings (SSSR count). The summed E-state index contributed by atoms with van der Waals surface area (Å²) in [4.78, 5) is 0. The summed E-state index contributed by atoms with van der Waals surface area (Å²) in [5.41, 5.74) is 5.28. The Bertz CT molecular complexity index is 397. The second-order valence-electron chi connectivity index (χ2n) is 3.92. The Balaban J connectivity index is 2.27. The number of nitrogens with two attached hydrogens (primary N) is 1. The van der Waals surface area contributed by atoms with Crippen LogP contribution in [0.1, 0.15) is 23.7 Å². The maximum absolute atomic E-state index is 5.77. The molecular weight excluding hydrogens is 200 g/mol. The van der Waals surface area contributed by atoms with E-state index in [1.165, 1.54) is 11.1 Å². The molecule has 1 aliphatic heterocycles. The van der Waals surface area contributed by atoms with E-state index in [9.17, 15) is 0 Å². The van der Waals surface area contributed by atoms with E-state index in [-0.39, 0.29) is 12.1 Å². The van der Waals surface area contributed by atoms with Crippen LogP contribution >= 0.6 is 0 Å². The summed E-state index contributed by atoms with van der Waals surface area (Å²) in [5, 5.41) is 0. The average molecular weight is 216 g/mol. The SMILES string of the molecule is C#CCC(NN)C1OCCc2ccccc21. The predicted octanol–water partition coefficient (Wildman–Crippen LogP) is 1.16. The highest BCUT2D eigenvalue weighted by atomic mass is 16.5. The Morgan fingerprint density at radius 2 is 2.38 bits per heavy atom. The van der Waals surface area contributed by atoms with Crippen LogP contribution in [0.3, 0.4) is 0 Å². The lowest BCUT2D eigenvalue weighted by Gasteiger charge is -2.31. The van der Waals surface area contributed by atoms with Crippen LogP contribution in [0.15, 0.2) is 24.3 Å². The monoisotopic (exact) mass is 216 g/mol. The Morgan fingerprint density at radius 1 is 1.56 bits per heavy atom. The van der Waals surface area contributed by atoms with Gasteiger partial charge in [-0.2, -0.15) is 0 Å². The van der Waals surface area contributed by atoms with Gasteiger partial charge in [-0.15, -0.1) is 12.3 Å². The van der Waals surface area contributed by atoms with Gasteiger partial charge in [0.05, 0.1) is 12.6 Å². The number of benzene rings is 1. The molecule has 0 radical (unpaired) electrons. The molecule has 0 spiro atoms. The van der Waals surface area contributed by atoms with Crippen LogP contribution in [0.2, 0.25) is 0 Å². The van der Waals surface area contributed by atoms with Crippen LogP contribution in [0.25, 0.3) is 0 Å². The Morgan fingerprint density at radius 3 is 3.12 bits per heavy atom. The lowest BCUT2D eigenvalue weighted by Crippen LogP contribution is -2.42. The van der Waals surface area contributed by atoms with Crippen molar-refractivity contribution >= 4 is 0 Å². The maximum atomic E-state index is 5.77. The topological polar surface area (TPSA) is 47.3 Å². The van der Waals surface area contributed by atoms with Gasteiger partial charge in [-0.3, -0.25) is 11.3 Å². The van der Waals surface area contributed by atoms with Gasteiger partial charge >= 0.3 is 0 Å². The highest BCUT2D eigenvalue weighted by molar-refractivity contribution is 5.32. The third-order valence-corrected chi connectivity index (χ3v) is 2.95. The van der Waals surface area contributed by atoms with E-state index < -0.39 is 0 Å². The van der Waals surface area contributed by atoms with E-state index in [0.29, 0.717) is 6.42 Å². The lowest BCUT2D eigenvalue weighted by molar-refractivity contribution is 0.0165. The van der Waals surface area contributed by atoms with Crippen molar-refractivity contribution in [2.24, 2.45) is 5.84 Å². The Kier molecular flexibility index (Phi) is 3.58. The minimum absolute atomic E-state index is 0.0218. The Hall–Kier alpha value is -1.34. The summed E-state index contributed by atoms with van der Waals surface area (Å²) in [6.07, 6.45) is 6.82. The molecule has 0 amide bonds. The molecule has 1 aliphatic rings. The second-order valence-corrected chi connectivity index (χ2v) is 3.92. The third-order valence-electron chi connectivity index (χ3n) is 2.95. The molecule has 2 atom stereocenters. The molecule has 0 saturated carbocycles. The molecule has 0 aliphatic carbocycles. The third kappa shape index (κ3) is 2.10. The number of terminal acetylenes is 1. The minimum atomic E-state index is -0.0361. The number of nitrogens with one attached hydrogen (secondary N) is 1. The van der Waals surface area contributed by atoms with Gasteiger partial charge < -0.3 is 4.74 Å². The molecule has 0 fully saturated rings. The zero-order chi connectivity index (χ0) is 11.4. The molecule has 84 valence electrons. The smallest absolute Gasteiger partial charge is 0.100 e. The van der Waals surface area contributed by atoms with E-state index in [1.54, 1.807) is 0 Å². The number of ether oxygens (including phenoxy) is 1. The largest absolute Gasteiger partial charge is 0.371 e. The van der Waals surface area contributed by atoms with Gasteiger partial charge in [0.2, 0.25) is 0 Å². The first-order chi connectivity index (χ1) is 7.86. The quantitative estimate of drug-likeness (QED) is 0.453. The molecule has 1 heterocycles. The minimum Gasteiger partial charge on any atom is -0.371 e. The molecule has 16 heavy (non-hydrogen) atoms. The highest BCUT2D eigenvalue weighted by Crippen LogP contribution is 2.30. The summed E-state index contributed by atoms with van der Waals surface area (Å²) in [7, 11) is 0. The summed E-state index contributed by atoms with van der Waals surface area (Å²) in [5.74, 6) is 8.15. The van der Waals surface area contributed by atoms with Gasteiger partial charge in [-0.1, -0.05) is 24.3 Å². The van der Waals surface area contributed by atoms with Crippen molar-refractivity contribution in [2.45, 2.75) is 25.0 Å². The molecule has 1 aromatic rings. The van der Waals surface area contributed by atoms with Crippen molar-refractivity contribution in [3.05, 3.63) is 35.4 Å². The second kappa shape index (κ2) is 5.13. The molecule has 3 nitrogen and oxygen atoms in total. The van der Waals surface area contributed by atoms with Crippen molar-refractivity contribution < 1.29 is 4.74 Å². The van der Waals surface area contributed by atoms with Gasteiger partial charge in [0.15, 0.2) is 0 Å². The number of fused-ring (bicyclic) bond motifs is 1. The fourth-order valence-electron chi connectivity index (χ4n) is 2.14. The van der Waals surface area contributed by atoms with E-state index in [0.717, 1.165) is 13.0 Å². The van der Waals surface area contributed by atoms with Crippen molar-refractivity contribution in [1.29, 1.82) is 0 Å². The van der Waals surface area contributed by atoms with Gasteiger partial charge in [-0.25, -0.2) is 0 Å². The van der Waals surface area contributed by atoms with Gasteiger partial charge in [0.1, 0.15) is 6.10 Å². The first kappa shape index (κ1) is 11.2.